The summed E-state index contributed by atoms with van der Waals surface area (Å²) in [6.07, 6.45) is 0.905. The van der Waals surface area contributed by atoms with Crippen LogP contribution in [-0.2, 0) is 9.59 Å². The molecular formula is C11H19NO4. The summed E-state index contributed by atoms with van der Waals surface area (Å²) in [5.74, 6) is -3.43. The quantitative estimate of drug-likeness (QED) is 0.732. The van der Waals surface area contributed by atoms with Crippen molar-refractivity contribution in [3.05, 3.63) is 0 Å². The molecule has 0 spiro atoms. The molecule has 5 heteroatoms. The summed E-state index contributed by atoms with van der Waals surface area (Å²) in [5, 5.41) is 18.0. The second-order valence-electron chi connectivity index (χ2n) is 4.24. The largest absolute Gasteiger partial charge is 0.481 e. The van der Waals surface area contributed by atoms with Gasteiger partial charge in [-0.15, -0.1) is 0 Å². The maximum atomic E-state index is 11.0. The average Bonchev–Trinajstić information content (AvgIpc) is 2.64. The molecule has 5 nitrogen and oxygen atoms in total. The third kappa shape index (κ3) is 2.52. The maximum absolute atomic E-state index is 11.0. The molecule has 1 rings (SSSR count). The SMILES string of the molecule is CCN(CC)C1CC(C(=O)O)C(C(=O)O)C1. The first-order valence-corrected chi connectivity index (χ1v) is 5.70. The van der Waals surface area contributed by atoms with Crippen LogP contribution in [0.25, 0.3) is 0 Å². The predicted octanol–water partition coefficient (Wildman–Crippen LogP) is 0.892. The zero-order chi connectivity index (χ0) is 12.3. The molecule has 2 N–H and O–H groups in total. The molecule has 0 aromatic heterocycles. The first-order valence-electron chi connectivity index (χ1n) is 5.70. The van der Waals surface area contributed by atoms with Gasteiger partial charge in [0.2, 0.25) is 0 Å². The van der Waals surface area contributed by atoms with Gasteiger partial charge in [0, 0.05) is 6.04 Å². The molecule has 0 amide bonds. The number of carbonyl (C=O) groups is 2. The van der Waals surface area contributed by atoms with E-state index in [0.29, 0.717) is 12.8 Å². The summed E-state index contributed by atoms with van der Waals surface area (Å²) < 4.78 is 0. The number of carboxylic acids is 2. The lowest BCUT2D eigenvalue weighted by molar-refractivity contribution is -0.152. The first kappa shape index (κ1) is 13.0. The normalized spacial score (nSPS) is 29.6. The molecule has 16 heavy (non-hydrogen) atoms. The zero-order valence-electron chi connectivity index (χ0n) is 9.72. The third-order valence-electron chi connectivity index (χ3n) is 3.50. The minimum absolute atomic E-state index is 0.0946. The van der Waals surface area contributed by atoms with Crippen LogP contribution in [0.4, 0.5) is 0 Å². The van der Waals surface area contributed by atoms with Crippen molar-refractivity contribution in [3.8, 4) is 0 Å². The van der Waals surface area contributed by atoms with E-state index < -0.39 is 23.8 Å². The van der Waals surface area contributed by atoms with Crippen LogP contribution in [0.5, 0.6) is 0 Å². The predicted molar refractivity (Wildman–Crippen MR) is 58.2 cm³/mol. The van der Waals surface area contributed by atoms with Gasteiger partial charge in [0.15, 0.2) is 0 Å². The van der Waals surface area contributed by atoms with Crippen molar-refractivity contribution in [2.24, 2.45) is 11.8 Å². The molecule has 0 radical (unpaired) electrons. The lowest BCUT2D eigenvalue weighted by Crippen LogP contribution is -2.33. The van der Waals surface area contributed by atoms with Crippen molar-refractivity contribution >= 4 is 11.9 Å². The summed E-state index contributed by atoms with van der Waals surface area (Å²) in [6, 6.07) is 0.0946. The van der Waals surface area contributed by atoms with E-state index in [9.17, 15) is 9.59 Å². The van der Waals surface area contributed by atoms with E-state index in [-0.39, 0.29) is 6.04 Å². The molecule has 2 atom stereocenters. The van der Waals surface area contributed by atoms with Gasteiger partial charge in [0.25, 0.3) is 0 Å². The molecule has 0 heterocycles. The lowest BCUT2D eigenvalue weighted by Gasteiger charge is -2.25. The summed E-state index contributed by atoms with van der Waals surface area (Å²) >= 11 is 0. The summed E-state index contributed by atoms with van der Waals surface area (Å²) in [7, 11) is 0. The maximum Gasteiger partial charge on any atom is 0.307 e. The topological polar surface area (TPSA) is 77.8 Å². The Balaban J connectivity index is 2.75. The van der Waals surface area contributed by atoms with Crippen LogP contribution in [0, 0.1) is 11.8 Å². The Morgan fingerprint density at radius 1 is 1.06 bits per heavy atom. The van der Waals surface area contributed by atoms with E-state index in [1.807, 2.05) is 13.8 Å². The Kier molecular flexibility index (Phi) is 4.29. The van der Waals surface area contributed by atoms with Crippen LogP contribution < -0.4 is 0 Å². The van der Waals surface area contributed by atoms with E-state index in [1.165, 1.54) is 0 Å². The first-order chi connectivity index (χ1) is 7.51. The number of hydrogen-bond acceptors (Lipinski definition) is 3. The van der Waals surface area contributed by atoms with E-state index in [0.717, 1.165) is 13.1 Å². The fourth-order valence-electron chi connectivity index (χ4n) is 2.59. The Bertz CT molecular complexity index is 253. The van der Waals surface area contributed by atoms with Crippen molar-refractivity contribution in [2.75, 3.05) is 13.1 Å². The van der Waals surface area contributed by atoms with Gasteiger partial charge in [0.1, 0.15) is 0 Å². The van der Waals surface area contributed by atoms with Crippen molar-refractivity contribution in [1.82, 2.24) is 4.90 Å². The molecule has 92 valence electrons. The van der Waals surface area contributed by atoms with Gasteiger partial charge in [-0.05, 0) is 25.9 Å². The highest BCUT2D eigenvalue weighted by Crippen LogP contribution is 2.35. The molecule has 0 bridgehead atoms. The fourth-order valence-corrected chi connectivity index (χ4v) is 2.59. The smallest absolute Gasteiger partial charge is 0.307 e. The fraction of sp³-hybridized carbons (Fsp3) is 0.818. The summed E-state index contributed by atoms with van der Waals surface area (Å²) in [6.45, 7) is 5.68. The molecule has 0 saturated heterocycles. The number of nitrogens with zero attached hydrogens (tertiary/aromatic N) is 1. The van der Waals surface area contributed by atoms with E-state index in [1.54, 1.807) is 0 Å². The van der Waals surface area contributed by atoms with Crippen LogP contribution in [0.2, 0.25) is 0 Å². The standard InChI is InChI=1S/C11H19NO4/c1-3-12(4-2)7-5-8(10(13)14)9(6-7)11(15)16/h7-9H,3-6H2,1-2H3,(H,13,14)(H,15,16). The highest BCUT2D eigenvalue weighted by atomic mass is 16.4. The monoisotopic (exact) mass is 229 g/mol. The van der Waals surface area contributed by atoms with Gasteiger partial charge in [-0.3, -0.25) is 9.59 Å². The second kappa shape index (κ2) is 5.30. The number of hydrogen-bond donors (Lipinski definition) is 2. The molecule has 1 saturated carbocycles. The highest BCUT2D eigenvalue weighted by Gasteiger charge is 2.44. The molecule has 0 aromatic rings. The van der Waals surface area contributed by atoms with Crippen LogP contribution >= 0.6 is 0 Å². The third-order valence-corrected chi connectivity index (χ3v) is 3.50. The molecule has 1 fully saturated rings. The summed E-state index contributed by atoms with van der Waals surface area (Å²) in [5.41, 5.74) is 0. The minimum Gasteiger partial charge on any atom is -0.481 e. The van der Waals surface area contributed by atoms with Gasteiger partial charge in [-0.1, -0.05) is 13.8 Å². The molecular weight excluding hydrogens is 210 g/mol. The van der Waals surface area contributed by atoms with Crippen LogP contribution in [0.1, 0.15) is 26.7 Å². The van der Waals surface area contributed by atoms with Crippen molar-refractivity contribution < 1.29 is 19.8 Å². The molecule has 1 aliphatic rings. The van der Waals surface area contributed by atoms with Gasteiger partial charge < -0.3 is 15.1 Å². The van der Waals surface area contributed by atoms with E-state index in [4.69, 9.17) is 10.2 Å². The molecule has 0 aromatic carbocycles. The van der Waals surface area contributed by atoms with Crippen molar-refractivity contribution in [3.63, 3.8) is 0 Å². The molecule has 2 unspecified atom stereocenters. The van der Waals surface area contributed by atoms with Gasteiger partial charge >= 0.3 is 11.9 Å². The molecule has 1 aliphatic carbocycles. The Morgan fingerprint density at radius 2 is 1.44 bits per heavy atom. The molecule has 0 aliphatic heterocycles. The summed E-state index contributed by atoms with van der Waals surface area (Å²) in [4.78, 5) is 24.1. The Labute approximate surface area is 95.1 Å². The number of carboxylic acid groups (broad SMARTS) is 2. The van der Waals surface area contributed by atoms with Crippen molar-refractivity contribution in [1.29, 1.82) is 0 Å². The van der Waals surface area contributed by atoms with Gasteiger partial charge in [-0.2, -0.15) is 0 Å². The average molecular weight is 229 g/mol. The van der Waals surface area contributed by atoms with Crippen molar-refractivity contribution in [2.45, 2.75) is 32.7 Å². The van der Waals surface area contributed by atoms with Gasteiger partial charge in [0.05, 0.1) is 11.8 Å². The highest BCUT2D eigenvalue weighted by molar-refractivity contribution is 5.80. The Morgan fingerprint density at radius 3 is 1.69 bits per heavy atom. The zero-order valence-corrected chi connectivity index (χ0v) is 9.72. The van der Waals surface area contributed by atoms with Crippen LogP contribution in [-0.4, -0.2) is 46.2 Å². The van der Waals surface area contributed by atoms with E-state index in [2.05, 4.69) is 4.90 Å². The number of rotatable bonds is 5. The number of aliphatic carboxylic acids is 2. The van der Waals surface area contributed by atoms with Crippen LogP contribution in [0.3, 0.4) is 0 Å². The lowest BCUT2D eigenvalue weighted by atomic mass is 9.97. The van der Waals surface area contributed by atoms with Crippen LogP contribution in [0.15, 0.2) is 0 Å². The van der Waals surface area contributed by atoms with E-state index >= 15 is 0 Å². The Hall–Kier alpha value is -1.10. The minimum atomic E-state index is -0.984. The second-order valence-corrected chi connectivity index (χ2v) is 4.24. The van der Waals surface area contributed by atoms with Gasteiger partial charge in [-0.25, -0.2) is 0 Å².